The number of thioether (sulfide) groups is 1. The summed E-state index contributed by atoms with van der Waals surface area (Å²) < 4.78 is 24.1. The molecular formula is C16H24N2O3S2. The molecule has 128 valence electrons. The lowest BCUT2D eigenvalue weighted by Gasteiger charge is -2.36. The van der Waals surface area contributed by atoms with Crippen molar-refractivity contribution in [2.24, 2.45) is 16.8 Å². The summed E-state index contributed by atoms with van der Waals surface area (Å²) in [4.78, 5) is 18.7. The van der Waals surface area contributed by atoms with Gasteiger partial charge in [0.05, 0.1) is 17.5 Å². The van der Waals surface area contributed by atoms with Crippen molar-refractivity contribution in [1.82, 2.24) is 4.90 Å². The lowest BCUT2D eigenvalue weighted by Crippen LogP contribution is -2.47. The molecule has 5 unspecified atom stereocenters. The second kappa shape index (κ2) is 5.76. The number of amidine groups is 1. The highest BCUT2D eigenvalue weighted by Gasteiger charge is 2.54. The van der Waals surface area contributed by atoms with Crippen molar-refractivity contribution in [2.45, 2.75) is 62.8 Å². The van der Waals surface area contributed by atoms with Crippen LogP contribution in [0.3, 0.4) is 0 Å². The summed E-state index contributed by atoms with van der Waals surface area (Å²) in [6.07, 6.45) is 6.26. The summed E-state index contributed by atoms with van der Waals surface area (Å²) >= 11 is 1.54. The van der Waals surface area contributed by atoms with Gasteiger partial charge in [0.25, 0.3) is 0 Å². The van der Waals surface area contributed by atoms with Crippen molar-refractivity contribution in [3.05, 3.63) is 0 Å². The molecule has 2 heterocycles. The highest BCUT2D eigenvalue weighted by atomic mass is 32.2. The number of sulfone groups is 1. The molecule has 2 aliphatic carbocycles. The average molecular weight is 357 g/mol. The Hall–Kier alpha value is -0.560. The molecule has 2 bridgehead atoms. The van der Waals surface area contributed by atoms with Gasteiger partial charge >= 0.3 is 0 Å². The van der Waals surface area contributed by atoms with Crippen LogP contribution >= 0.6 is 11.8 Å². The van der Waals surface area contributed by atoms with Crippen LogP contribution in [-0.2, 0) is 14.6 Å². The summed E-state index contributed by atoms with van der Waals surface area (Å²) in [7, 11) is -2.95. The Morgan fingerprint density at radius 3 is 2.74 bits per heavy atom. The smallest absolute Gasteiger partial charge is 0.248 e. The predicted molar refractivity (Wildman–Crippen MR) is 92.2 cm³/mol. The van der Waals surface area contributed by atoms with Gasteiger partial charge in [0.1, 0.15) is 0 Å². The maximum atomic E-state index is 12.0. The highest BCUT2D eigenvalue weighted by molar-refractivity contribution is 8.15. The second-order valence-electron chi connectivity index (χ2n) is 7.49. The number of aliphatic imine (C=N–C) groups is 1. The van der Waals surface area contributed by atoms with Crippen LogP contribution < -0.4 is 0 Å². The normalized spacial score (nSPS) is 42.6. The predicted octanol–water partition coefficient (Wildman–Crippen LogP) is 2.07. The molecule has 7 heteroatoms. The average Bonchev–Trinajstić information content (AvgIpc) is 3.18. The van der Waals surface area contributed by atoms with Crippen molar-refractivity contribution in [3.8, 4) is 0 Å². The molecule has 5 nitrogen and oxygen atoms in total. The minimum absolute atomic E-state index is 0.0301. The van der Waals surface area contributed by atoms with Crippen LogP contribution in [0.1, 0.15) is 45.4 Å². The Bertz CT molecular complexity index is 646. The monoisotopic (exact) mass is 356 g/mol. The summed E-state index contributed by atoms with van der Waals surface area (Å²) in [5.41, 5.74) is 0. The van der Waals surface area contributed by atoms with E-state index in [-0.39, 0.29) is 28.7 Å². The van der Waals surface area contributed by atoms with Gasteiger partial charge in [-0.25, -0.2) is 8.42 Å². The van der Waals surface area contributed by atoms with Gasteiger partial charge in [-0.15, -0.1) is 0 Å². The molecule has 0 spiro atoms. The largest absolute Gasteiger partial charge is 0.343 e. The molecule has 1 amide bonds. The quantitative estimate of drug-likeness (QED) is 0.774. The molecule has 4 rings (SSSR count). The number of rotatable bonds is 3. The van der Waals surface area contributed by atoms with E-state index in [2.05, 4.69) is 9.89 Å². The SMILES string of the molecule is CCCC(=O)N=C1SC2CS(=O)(=O)CC2N1C1CC2CCC1C2. The van der Waals surface area contributed by atoms with Gasteiger partial charge in [-0.1, -0.05) is 25.1 Å². The third kappa shape index (κ3) is 2.84. The molecule has 2 aliphatic heterocycles. The Labute approximate surface area is 142 Å². The van der Waals surface area contributed by atoms with Crippen LogP contribution in [0.15, 0.2) is 4.99 Å². The zero-order valence-corrected chi connectivity index (χ0v) is 15.1. The number of carbonyl (C=O) groups is 1. The van der Waals surface area contributed by atoms with Crippen molar-refractivity contribution >= 4 is 32.7 Å². The Balaban J connectivity index is 1.63. The Kier molecular flexibility index (Phi) is 3.99. The number of amides is 1. The molecule has 23 heavy (non-hydrogen) atoms. The molecule has 0 N–H and O–H groups in total. The molecule has 2 saturated carbocycles. The summed E-state index contributed by atoms with van der Waals surface area (Å²) in [6.45, 7) is 1.98. The van der Waals surface area contributed by atoms with Gasteiger partial charge in [0.2, 0.25) is 5.91 Å². The second-order valence-corrected chi connectivity index (χ2v) is 10.8. The van der Waals surface area contributed by atoms with E-state index in [1.165, 1.54) is 31.0 Å². The fourth-order valence-electron chi connectivity index (χ4n) is 4.91. The lowest BCUT2D eigenvalue weighted by atomic mass is 9.93. The summed E-state index contributed by atoms with van der Waals surface area (Å²) in [5, 5.41) is 0.873. The van der Waals surface area contributed by atoms with Crippen molar-refractivity contribution < 1.29 is 13.2 Å². The number of fused-ring (bicyclic) bond motifs is 3. The van der Waals surface area contributed by atoms with E-state index in [1.54, 1.807) is 0 Å². The van der Waals surface area contributed by atoms with Gasteiger partial charge in [-0.2, -0.15) is 4.99 Å². The molecule has 4 aliphatic rings. The first-order chi connectivity index (χ1) is 11.0. The van der Waals surface area contributed by atoms with Gasteiger partial charge in [-0.05, 0) is 37.5 Å². The minimum atomic E-state index is -2.95. The standard InChI is InChI=1S/C16H24N2O3S2/c1-2-3-15(19)17-16-18(12-7-10-4-5-11(12)6-10)13-8-23(20,21)9-14(13)22-16/h10-14H,2-9H2,1H3. The molecule has 4 fully saturated rings. The lowest BCUT2D eigenvalue weighted by molar-refractivity contribution is -0.117. The zero-order valence-electron chi connectivity index (χ0n) is 13.5. The first-order valence-electron chi connectivity index (χ1n) is 8.74. The van der Waals surface area contributed by atoms with Gasteiger partial charge in [0, 0.05) is 17.7 Å². The highest BCUT2D eigenvalue weighted by Crippen LogP contribution is 2.51. The molecular weight excluding hydrogens is 332 g/mol. The molecule has 2 saturated heterocycles. The third-order valence-corrected chi connectivity index (χ3v) is 9.07. The molecule has 0 aromatic heterocycles. The van der Waals surface area contributed by atoms with Gasteiger partial charge in [-0.3, -0.25) is 4.79 Å². The van der Waals surface area contributed by atoms with Crippen molar-refractivity contribution in [2.75, 3.05) is 11.5 Å². The fourth-order valence-corrected chi connectivity index (χ4v) is 8.90. The van der Waals surface area contributed by atoms with Crippen LogP contribution in [0, 0.1) is 11.8 Å². The molecule has 5 atom stereocenters. The first kappa shape index (κ1) is 15.9. The number of hydrogen-bond donors (Lipinski definition) is 0. The van der Waals surface area contributed by atoms with Crippen LogP contribution in [0.5, 0.6) is 0 Å². The zero-order chi connectivity index (χ0) is 16.2. The summed E-state index contributed by atoms with van der Waals surface area (Å²) in [6, 6.07) is 0.431. The molecule has 0 radical (unpaired) electrons. The molecule has 0 aromatic rings. The van der Waals surface area contributed by atoms with Crippen LogP contribution in [0.2, 0.25) is 0 Å². The van der Waals surface area contributed by atoms with Crippen LogP contribution in [-0.4, -0.2) is 53.2 Å². The molecule has 0 aromatic carbocycles. The van der Waals surface area contributed by atoms with Crippen LogP contribution in [0.25, 0.3) is 0 Å². The Morgan fingerprint density at radius 1 is 1.26 bits per heavy atom. The van der Waals surface area contributed by atoms with E-state index in [0.29, 0.717) is 18.4 Å². The first-order valence-corrected chi connectivity index (χ1v) is 11.4. The maximum absolute atomic E-state index is 12.0. The van der Waals surface area contributed by atoms with Crippen LogP contribution in [0.4, 0.5) is 0 Å². The number of hydrogen-bond acceptors (Lipinski definition) is 4. The fraction of sp³-hybridized carbons (Fsp3) is 0.875. The van der Waals surface area contributed by atoms with E-state index in [4.69, 9.17) is 0 Å². The van der Waals surface area contributed by atoms with E-state index >= 15 is 0 Å². The van der Waals surface area contributed by atoms with E-state index < -0.39 is 9.84 Å². The minimum Gasteiger partial charge on any atom is -0.343 e. The number of nitrogens with zero attached hydrogens (tertiary/aromatic N) is 2. The Morgan fingerprint density at radius 2 is 2.09 bits per heavy atom. The third-order valence-electron chi connectivity index (χ3n) is 5.85. The topological polar surface area (TPSA) is 66.8 Å². The van der Waals surface area contributed by atoms with Gasteiger partial charge < -0.3 is 4.90 Å². The summed E-state index contributed by atoms with van der Waals surface area (Å²) in [5.74, 6) is 1.86. The van der Waals surface area contributed by atoms with E-state index in [9.17, 15) is 13.2 Å². The maximum Gasteiger partial charge on any atom is 0.248 e. The van der Waals surface area contributed by atoms with E-state index in [1.807, 2.05) is 6.92 Å². The van der Waals surface area contributed by atoms with E-state index in [0.717, 1.165) is 23.9 Å². The number of carbonyl (C=O) groups excluding carboxylic acids is 1. The van der Waals surface area contributed by atoms with Gasteiger partial charge in [0.15, 0.2) is 15.0 Å². The van der Waals surface area contributed by atoms with Crippen molar-refractivity contribution in [1.29, 1.82) is 0 Å². The van der Waals surface area contributed by atoms with Crippen molar-refractivity contribution in [3.63, 3.8) is 0 Å².